The molecule has 0 aliphatic carbocycles. The number of hydrogen-bond donors (Lipinski definition) is 0. The van der Waals surface area contributed by atoms with Gasteiger partial charge in [-0.3, -0.25) is 0 Å². The van der Waals surface area contributed by atoms with Crippen molar-refractivity contribution in [3.63, 3.8) is 0 Å². The van der Waals surface area contributed by atoms with Crippen molar-refractivity contribution in [2.75, 3.05) is 7.11 Å². The van der Waals surface area contributed by atoms with Crippen LogP contribution in [0.1, 0.15) is 16.1 Å². The molecule has 0 amide bonds. The van der Waals surface area contributed by atoms with E-state index in [1.165, 1.54) is 30.0 Å². The van der Waals surface area contributed by atoms with Gasteiger partial charge in [0.05, 0.1) is 24.0 Å². The van der Waals surface area contributed by atoms with Crippen molar-refractivity contribution in [3.05, 3.63) is 76.8 Å². The highest BCUT2D eigenvalue weighted by Crippen LogP contribution is 2.23. The van der Waals surface area contributed by atoms with E-state index in [-0.39, 0.29) is 28.6 Å². The first-order chi connectivity index (χ1) is 12.1. The van der Waals surface area contributed by atoms with Crippen molar-refractivity contribution in [3.8, 4) is 11.4 Å². The van der Waals surface area contributed by atoms with Crippen LogP contribution >= 0.6 is 11.6 Å². The lowest BCUT2D eigenvalue weighted by Gasteiger charge is -2.07. The lowest BCUT2D eigenvalue weighted by molar-refractivity contribution is 0.0458. The molecule has 5 nitrogen and oxygen atoms in total. The van der Waals surface area contributed by atoms with Gasteiger partial charge in [0.2, 0.25) is 5.69 Å². The molecule has 0 saturated carbocycles. The van der Waals surface area contributed by atoms with Gasteiger partial charge in [-0.15, -0.1) is 0 Å². The van der Waals surface area contributed by atoms with E-state index in [1.54, 1.807) is 6.20 Å². The molecule has 0 spiro atoms. The molecule has 3 aromatic rings. The normalized spacial score (nSPS) is 10.5. The van der Waals surface area contributed by atoms with Crippen molar-refractivity contribution < 1.29 is 18.7 Å². The Hall–Kier alpha value is -2.86. The average Bonchev–Trinajstić information content (AvgIpc) is 3.06. The summed E-state index contributed by atoms with van der Waals surface area (Å²) in [4.78, 5) is 12.3. The van der Waals surface area contributed by atoms with Crippen molar-refractivity contribution in [2.45, 2.75) is 6.61 Å². The minimum absolute atomic E-state index is 0.00110. The number of ether oxygens (including phenoxy) is 2. The number of benzene rings is 2. The lowest BCUT2D eigenvalue weighted by atomic mass is 10.2. The summed E-state index contributed by atoms with van der Waals surface area (Å²) < 4.78 is 25.6. The second-order valence-corrected chi connectivity index (χ2v) is 5.51. The Morgan fingerprint density at radius 3 is 2.64 bits per heavy atom. The first kappa shape index (κ1) is 17.0. The van der Waals surface area contributed by atoms with E-state index in [9.17, 15) is 9.18 Å². The molecule has 2 aromatic carbocycles. The molecule has 1 heterocycles. The molecule has 0 fully saturated rings. The smallest absolute Gasteiger partial charge is 0.363 e. The summed E-state index contributed by atoms with van der Waals surface area (Å²) in [6.45, 7) is -0.300. The lowest BCUT2D eigenvalue weighted by Crippen LogP contribution is -2.09. The van der Waals surface area contributed by atoms with Gasteiger partial charge in [-0.05, 0) is 24.3 Å². The molecule has 0 saturated heterocycles. The van der Waals surface area contributed by atoms with Crippen LogP contribution in [0.3, 0.4) is 0 Å². The summed E-state index contributed by atoms with van der Waals surface area (Å²) >= 11 is 5.93. The third-order valence-electron chi connectivity index (χ3n) is 3.52. The number of hydrogen-bond acceptors (Lipinski definition) is 4. The Kier molecular flexibility index (Phi) is 5.00. The zero-order valence-electron chi connectivity index (χ0n) is 13.3. The zero-order chi connectivity index (χ0) is 17.8. The number of para-hydroxylation sites is 1. The predicted octanol–water partition coefficient (Wildman–Crippen LogP) is 4.03. The van der Waals surface area contributed by atoms with Gasteiger partial charge in [0.1, 0.15) is 12.4 Å². The quantitative estimate of drug-likeness (QED) is 0.645. The number of methoxy groups -OCH3 is 1. The van der Waals surface area contributed by atoms with Gasteiger partial charge >= 0.3 is 5.97 Å². The predicted molar refractivity (Wildman–Crippen MR) is 90.6 cm³/mol. The third kappa shape index (κ3) is 3.64. The second kappa shape index (κ2) is 7.36. The fraction of sp³-hybridized carbons (Fsp3) is 0.111. The van der Waals surface area contributed by atoms with E-state index in [1.807, 2.05) is 30.3 Å². The molecule has 0 atom stereocenters. The summed E-state index contributed by atoms with van der Waals surface area (Å²) in [7, 11) is 1.43. The molecule has 25 heavy (non-hydrogen) atoms. The number of halogens is 2. The average molecular weight is 361 g/mol. The van der Waals surface area contributed by atoms with Gasteiger partial charge < -0.3 is 9.47 Å². The van der Waals surface area contributed by atoms with Gasteiger partial charge in [0, 0.05) is 5.56 Å². The van der Waals surface area contributed by atoms with E-state index in [0.717, 1.165) is 5.69 Å². The molecule has 0 bridgehead atoms. The molecular weight excluding hydrogens is 347 g/mol. The molecule has 3 rings (SSSR count). The molecule has 128 valence electrons. The van der Waals surface area contributed by atoms with Crippen LogP contribution in [0.25, 0.3) is 5.69 Å². The minimum Gasteiger partial charge on any atom is -0.493 e. The maximum Gasteiger partial charge on any atom is 0.363 e. The Morgan fingerprint density at radius 2 is 1.96 bits per heavy atom. The van der Waals surface area contributed by atoms with Gasteiger partial charge in [-0.2, -0.15) is 5.10 Å². The zero-order valence-corrected chi connectivity index (χ0v) is 14.0. The molecule has 0 unspecified atom stereocenters. The van der Waals surface area contributed by atoms with E-state index in [2.05, 4.69) is 5.10 Å². The van der Waals surface area contributed by atoms with Crippen LogP contribution in [0.15, 0.2) is 54.7 Å². The largest absolute Gasteiger partial charge is 0.493 e. The SMILES string of the molecule is COc1cn(-c2ccccc2)nc1C(=O)OCc1c(F)cccc1Cl. The van der Waals surface area contributed by atoms with Crippen LogP contribution < -0.4 is 4.74 Å². The molecular formula is C18H14ClFN2O3. The summed E-state index contributed by atoms with van der Waals surface area (Å²) in [5.74, 6) is -1.01. The first-order valence-corrected chi connectivity index (χ1v) is 7.77. The number of aromatic nitrogens is 2. The number of carbonyl (C=O) groups is 1. The number of nitrogens with zero attached hydrogens (tertiary/aromatic N) is 2. The summed E-state index contributed by atoms with van der Waals surface area (Å²) in [5.41, 5.74) is 0.870. The highest BCUT2D eigenvalue weighted by molar-refractivity contribution is 6.31. The van der Waals surface area contributed by atoms with Crippen LogP contribution in [0.2, 0.25) is 5.02 Å². The minimum atomic E-state index is -0.731. The van der Waals surface area contributed by atoms with Crippen LogP contribution in [-0.2, 0) is 11.3 Å². The number of esters is 1. The standard InChI is InChI=1S/C18H14ClFN2O3/c1-24-16-10-22(12-6-3-2-4-7-12)21-17(16)18(23)25-11-13-14(19)8-5-9-15(13)20/h2-10H,11H2,1H3. The summed E-state index contributed by atoms with van der Waals surface area (Å²) in [6.07, 6.45) is 1.57. The van der Waals surface area contributed by atoms with E-state index in [4.69, 9.17) is 21.1 Å². The Bertz CT molecular complexity index is 876. The highest BCUT2D eigenvalue weighted by Gasteiger charge is 2.21. The summed E-state index contributed by atoms with van der Waals surface area (Å²) in [5, 5.41) is 4.39. The molecule has 0 aliphatic heterocycles. The van der Waals surface area contributed by atoms with E-state index >= 15 is 0 Å². The fourth-order valence-electron chi connectivity index (χ4n) is 2.24. The Morgan fingerprint density at radius 1 is 1.20 bits per heavy atom. The topological polar surface area (TPSA) is 53.4 Å². The van der Waals surface area contributed by atoms with Crippen LogP contribution in [0.4, 0.5) is 4.39 Å². The van der Waals surface area contributed by atoms with Crippen molar-refractivity contribution in [2.24, 2.45) is 0 Å². The van der Waals surface area contributed by atoms with Crippen molar-refractivity contribution in [1.82, 2.24) is 9.78 Å². The van der Waals surface area contributed by atoms with E-state index < -0.39 is 11.8 Å². The molecule has 1 aromatic heterocycles. The second-order valence-electron chi connectivity index (χ2n) is 5.10. The maximum atomic E-state index is 13.8. The highest BCUT2D eigenvalue weighted by atomic mass is 35.5. The van der Waals surface area contributed by atoms with E-state index in [0.29, 0.717) is 0 Å². The van der Waals surface area contributed by atoms with Gasteiger partial charge in [-0.1, -0.05) is 35.9 Å². The molecule has 0 radical (unpaired) electrons. The molecule has 7 heteroatoms. The Labute approximate surface area is 148 Å². The summed E-state index contributed by atoms with van der Waals surface area (Å²) in [6, 6.07) is 13.5. The first-order valence-electron chi connectivity index (χ1n) is 7.39. The van der Waals surface area contributed by atoms with Crippen LogP contribution in [0.5, 0.6) is 5.75 Å². The fourth-order valence-corrected chi connectivity index (χ4v) is 2.46. The van der Waals surface area contributed by atoms with Gasteiger partial charge in [0.25, 0.3) is 0 Å². The van der Waals surface area contributed by atoms with Gasteiger partial charge in [0.15, 0.2) is 5.75 Å². The monoisotopic (exact) mass is 360 g/mol. The maximum absolute atomic E-state index is 13.8. The van der Waals surface area contributed by atoms with Crippen LogP contribution in [0, 0.1) is 5.82 Å². The Balaban J connectivity index is 1.81. The number of carbonyl (C=O) groups excluding carboxylic acids is 1. The third-order valence-corrected chi connectivity index (χ3v) is 3.88. The van der Waals surface area contributed by atoms with Crippen molar-refractivity contribution >= 4 is 17.6 Å². The molecule has 0 aliphatic rings. The van der Waals surface area contributed by atoms with Gasteiger partial charge in [-0.25, -0.2) is 13.9 Å². The van der Waals surface area contributed by atoms with Crippen LogP contribution in [-0.4, -0.2) is 22.9 Å². The van der Waals surface area contributed by atoms with Crippen molar-refractivity contribution in [1.29, 1.82) is 0 Å². The number of rotatable bonds is 5. The molecule has 0 N–H and O–H groups in total.